The summed E-state index contributed by atoms with van der Waals surface area (Å²) < 4.78 is 8.07. The molecule has 8 heteroatoms. The Bertz CT molecular complexity index is 1110. The van der Waals surface area contributed by atoms with Crippen molar-refractivity contribution in [3.63, 3.8) is 0 Å². The van der Waals surface area contributed by atoms with Gasteiger partial charge in [0.05, 0.1) is 18.0 Å². The summed E-state index contributed by atoms with van der Waals surface area (Å²) in [5.74, 6) is 0.912. The predicted molar refractivity (Wildman–Crippen MR) is 104 cm³/mol. The number of tetrazole rings is 1. The van der Waals surface area contributed by atoms with Crippen molar-refractivity contribution in [2.24, 2.45) is 12.2 Å². The molecular weight excluding hydrogens is 358 g/mol. The van der Waals surface area contributed by atoms with Gasteiger partial charge < -0.3 is 9.57 Å². The molecule has 1 aromatic heterocycles. The molecule has 0 radical (unpaired) electrons. The van der Waals surface area contributed by atoms with E-state index in [1.54, 1.807) is 7.05 Å². The summed E-state index contributed by atoms with van der Waals surface area (Å²) in [4.78, 5) is 17.9. The van der Waals surface area contributed by atoms with Gasteiger partial charge in [0.25, 0.3) is 0 Å². The fourth-order valence-corrected chi connectivity index (χ4v) is 3.34. The molecule has 2 heterocycles. The van der Waals surface area contributed by atoms with Gasteiger partial charge in [0.2, 0.25) is 0 Å². The van der Waals surface area contributed by atoms with E-state index < -0.39 is 0 Å². The molecule has 0 saturated carbocycles. The number of hydrogen-bond donors (Lipinski definition) is 0. The second-order valence-electron chi connectivity index (χ2n) is 6.70. The fraction of sp³-hybridized carbons (Fsp3) is 0.300. The van der Waals surface area contributed by atoms with Crippen LogP contribution >= 0.6 is 0 Å². The molecule has 0 unspecified atom stereocenters. The molecule has 0 fully saturated rings. The Labute approximate surface area is 162 Å². The van der Waals surface area contributed by atoms with E-state index in [0.717, 1.165) is 40.1 Å². The van der Waals surface area contributed by atoms with Gasteiger partial charge in [-0.05, 0) is 42.0 Å². The minimum Gasteiger partial charge on any atom is -0.493 e. The average Bonchev–Trinajstić information content (AvgIpc) is 3.30. The lowest BCUT2D eigenvalue weighted by Gasteiger charge is -2.11. The Hall–Kier alpha value is -3.42. The third-order valence-corrected chi connectivity index (χ3v) is 4.88. The zero-order valence-corrected chi connectivity index (χ0v) is 16.0. The van der Waals surface area contributed by atoms with Crippen molar-refractivity contribution < 1.29 is 9.57 Å². The third kappa shape index (κ3) is 3.17. The molecule has 0 aliphatic carbocycles. The summed E-state index contributed by atoms with van der Waals surface area (Å²) in [7, 11) is 1.56. The van der Waals surface area contributed by atoms with E-state index in [-0.39, 0.29) is 12.3 Å². The first-order valence-corrected chi connectivity index (χ1v) is 9.05. The lowest BCUT2D eigenvalue weighted by atomic mass is 10.0. The van der Waals surface area contributed by atoms with E-state index in [2.05, 4.69) is 15.6 Å². The van der Waals surface area contributed by atoms with Crippen LogP contribution in [0, 0.1) is 6.92 Å². The number of aryl methyl sites for hydroxylation is 2. The largest absolute Gasteiger partial charge is 0.493 e. The highest BCUT2D eigenvalue weighted by molar-refractivity contribution is 6.00. The van der Waals surface area contributed by atoms with Gasteiger partial charge in [-0.2, -0.15) is 9.36 Å². The number of ether oxygens (including phenoxy) is 1. The fourth-order valence-electron chi connectivity index (χ4n) is 3.34. The maximum Gasteiger partial charge on any atom is 0.368 e. The number of benzene rings is 2. The third-order valence-electron chi connectivity index (χ3n) is 4.88. The van der Waals surface area contributed by atoms with Gasteiger partial charge in [0.15, 0.2) is 0 Å². The lowest BCUT2D eigenvalue weighted by molar-refractivity contribution is 0.130. The van der Waals surface area contributed by atoms with Crippen molar-refractivity contribution in [2.75, 3.05) is 6.61 Å². The van der Waals surface area contributed by atoms with E-state index in [1.807, 2.05) is 50.2 Å². The SMILES string of the molecule is CC(=NOCc1c(C)cccc1-n1nnn(C)c1=O)c1cccc2c1CCO2. The van der Waals surface area contributed by atoms with Crippen LogP contribution in [0.3, 0.4) is 0 Å². The molecule has 0 amide bonds. The molecule has 1 aliphatic heterocycles. The summed E-state index contributed by atoms with van der Waals surface area (Å²) in [5, 5.41) is 12.0. The quantitative estimate of drug-likeness (QED) is 0.501. The number of aromatic nitrogens is 4. The maximum atomic E-state index is 12.2. The number of hydrogen-bond acceptors (Lipinski definition) is 6. The summed E-state index contributed by atoms with van der Waals surface area (Å²) in [6, 6.07) is 11.6. The van der Waals surface area contributed by atoms with E-state index in [1.165, 1.54) is 9.36 Å². The molecule has 0 saturated heterocycles. The molecule has 8 nitrogen and oxygen atoms in total. The Balaban J connectivity index is 1.59. The molecule has 0 atom stereocenters. The molecule has 2 aromatic carbocycles. The molecule has 0 N–H and O–H groups in total. The first kappa shape index (κ1) is 18.0. The van der Waals surface area contributed by atoms with Gasteiger partial charge >= 0.3 is 5.69 Å². The molecule has 144 valence electrons. The molecule has 3 aromatic rings. The summed E-state index contributed by atoms with van der Waals surface area (Å²) in [6.07, 6.45) is 0.871. The normalized spacial score (nSPS) is 13.3. The molecular formula is C20H21N5O3. The Morgan fingerprint density at radius 1 is 1.25 bits per heavy atom. The van der Waals surface area contributed by atoms with Crippen molar-refractivity contribution in [2.45, 2.75) is 26.9 Å². The van der Waals surface area contributed by atoms with Gasteiger partial charge in [-0.3, -0.25) is 0 Å². The minimum atomic E-state index is -0.314. The highest BCUT2D eigenvalue weighted by Crippen LogP contribution is 2.28. The number of fused-ring (bicyclic) bond motifs is 1. The zero-order valence-electron chi connectivity index (χ0n) is 16.0. The van der Waals surface area contributed by atoms with Gasteiger partial charge in [0, 0.05) is 30.2 Å². The Morgan fingerprint density at radius 2 is 2.07 bits per heavy atom. The molecule has 0 bridgehead atoms. The highest BCUT2D eigenvalue weighted by atomic mass is 16.6. The number of oxime groups is 1. The van der Waals surface area contributed by atoms with Crippen LogP contribution in [-0.4, -0.2) is 32.1 Å². The van der Waals surface area contributed by atoms with Crippen LogP contribution in [0.4, 0.5) is 0 Å². The highest BCUT2D eigenvalue weighted by Gasteiger charge is 2.17. The second kappa shape index (κ2) is 7.30. The standard InChI is InChI=1S/C20H21N5O3/c1-13-6-4-8-18(25-20(26)24(3)22-23-25)17(13)12-28-21-14(2)15-7-5-9-19-16(15)10-11-27-19/h4-9H,10-12H2,1-3H3. The van der Waals surface area contributed by atoms with Crippen LogP contribution < -0.4 is 10.4 Å². The van der Waals surface area contributed by atoms with Crippen LogP contribution in [0.2, 0.25) is 0 Å². The average molecular weight is 379 g/mol. The van der Waals surface area contributed by atoms with Gasteiger partial charge in [0.1, 0.15) is 12.4 Å². The van der Waals surface area contributed by atoms with Crippen LogP contribution in [0.25, 0.3) is 5.69 Å². The number of rotatable bonds is 5. The van der Waals surface area contributed by atoms with Crippen molar-refractivity contribution in [1.82, 2.24) is 19.8 Å². The van der Waals surface area contributed by atoms with Crippen LogP contribution in [0.1, 0.15) is 29.2 Å². The lowest BCUT2D eigenvalue weighted by Crippen LogP contribution is -2.23. The van der Waals surface area contributed by atoms with Crippen LogP contribution in [-0.2, 0) is 24.9 Å². The topological polar surface area (TPSA) is 83.5 Å². The molecule has 1 aliphatic rings. The monoisotopic (exact) mass is 379 g/mol. The summed E-state index contributed by atoms with van der Waals surface area (Å²) >= 11 is 0. The van der Waals surface area contributed by atoms with Crippen LogP contribution in [0.5, 0.6) is 5.75 Å². The Kier molecular flexibility index (Phi) is 4.68. The van der Waals surface area contributed by atoms with Crippen molar-refractivity contribution in [3.8, 4) is 11.4 Å². The first-order valence-electron chi connectivity index (χ1n) is 9.05. The summed E-state index contributed by atoms with van der Waals surface area (Å²) in [5.41, 5.74) is 5.13. The second-order valence-corrected chi connectivity index (χ2v) is 6.70. The summed E-state index contributed by atoms with van der Waals surface area (Å²) in [6.45, 7) is 4.79. The smallest absolute Gasteiger partial charge is 0.368 e. The zero-order chi connectivity index (χ0) is 19.7. The number of nitrogens with zero attached hydrogens (tertiary/aromatic N) is 5. The van der Waals surface area contributed by atoms with Gasteiger partial charge in [-0.15, -0.1) is 0 Å². The maximum absolute atomic E-state index is 12.2. The first-order chi connectivity index (χ1) is 13.6. The van der Waals surface area contributed by atoms with E-state index in [4.69, 9.17) is 9.57 Å². The molecule has 28 heavy (non-hydrogen) atoms. The van der Waals surface area contributed by atoms with Gasteiger partial charge in [-0.25, -0.2) is 4.79 Å². The van der Waals surface area contributed by atoms with Crippen LogP contribution in [0.15, 0.2) is 46.3 Å². The van der Waals surface area contributed by atoms with E-state index in [0.29, 0.717) is 12.3 Å². The Morgan fingerprint density at radius 3 is 2.86 bits per heavy atom. The van der Waals surface area contributed by atoms with E-state index in [9.17, 15) is 4.79 Å². The molecule has 4 rings (SSSR count). The van der Waals surface area contributed by atoms with Crippen molar-refractivity contribution in [1.29, 1.82) is 0 Å². The van der Waals surface area contributed by atoms with Crippen molar-refractivity contribution in [3.05, 3.63) is 69.1 Å². The minimum absolute atomic E-state index is 0.216. The molecule has 0 spiro atoms. The van der Waals surface area contributed by atoms with E-state index >= 15 is 0 Å². The van der Waals surface area contributed by atoms with Gasteiger partial charge in [-0.1, -0.05) is 29.4 Å². The predicted octanol–water partition coefficient (Wildman–Crippen LogP) is 2.15. The van der Waals surface area contributed by atoms with Crippen molar-refractivity contribution >= 4 is 5.71 Å².